The molecule has 0 amide bonds. The first-order valence-electron chi connectivity index (χ1n) is 5.85. The topological polar surface area (TPSA) is 96.4 Å². The van der Waals surface area contributed by atoms with Crippen LogP contribution in [0.15, 0.2) is 23.1 Å². The lowest BCUT2D eigenvalue weighted by molar-refractivity contribution is 0.179. The van der Waals surface area contributed by atoms with E-state index in [1.165, 1.54) is 19.2 Å². The Morgan fingerprint density at radius 3 is 2.70 bits per heavy atom. The van der Waals surface area contributed by atoms with Gasteiger partial charge in [0.15, 0.2) is 0 Å². The van der Waals surface area contributed by atoms with Crippen LogP contribution in [-0.2, 0) is 14.8 Å². The van der Waals surface area contributed by atoms with Crippen molar-refractivity contribution in [2.75, 3.05) is 32.5 Å². The third-order valence-electron chi connectivity index (χ3n) is 2.61. The van der Waals surface area contributed by atoms with Gasteiger partial charge in [-0.3, -0.25) is 0 Å². The molecule has 1 rings (SSSR count). The molecule has 8 heteroatoms. The molecule has 0 bridgehead atoms. The zero-order valence-electron chi connectivity index (χ0n) is 11.0. The molecule has 0 atom stereocenters. The summed E-state index contributed by atoms with van der Waals surface area (Å²) in [6.45, 7) is 0.114. The van der Waals surface area contributed by atoms with Gasteiger partial charge in [-0.2, -0.15) is 9.57 Å². The van der Waals surface area contributed by atoms with Crippen molar-refractivity contribution in [3.05, 3.63) is 24.0 Å². The number of sulfonamides is 1. The van der Waals surface area contributed by atoms with Crippen molar-refractivity contribution < 1.29 is 17.5 Å². The maximum Gasteiger partial charge on any atom is 0.248 e. The number of hydrogen-bond donors (Lipinski definition) is 1. The molecule has 0 aromatic heterocycles. The van der Waals surface area contributed by atoms with Gasteiger partial charge in [0, 0.05) is 26.6 Å². The highest BCUT2D eigenvalue weighted by molar-refractivity contribution is 7.89. The van der Waals surface area contributed by atoms with Crippen molar-refractivity contribution in [3.8, 4) is 6.07 Å². The summed E-state index contributed by atoms with van der Waals surface area (Å²) in [4.78, 5) is -0.561. The fraction of sp³-hybridized carbons (Fsp3) is 0.417. The molecule has 2 N–H and O–H groups in total. The number of nitrogens with two attached hydrogens (primary N) is 1. The van der Waals surface area contributed by atoms with Crippen molar-refractivity contribution in [3.63, 3.8) is 0 Å². The van der Waals surface area contributed by atoms with E-state index in [4.69, 9.17) is 15.7 Å². The van der Waals surface area contributed by atoms with E-state index in [-0.39, 0.29) is 31.8 Å². The summed E-state index contributed by atoms with van der Waals surface area (Å²) in [7, 11) is -2.68. The van der Waals surface area contributed by atoms with Crippen LogP contribution in [0.1, 0.15) is 6.42 Å². The minimum Gasteiger partial charge on any atom is -0.398 e. The van der Waals surface area contributed by atoms with Gasteiger partial charge in [-0.15, -0.1) is 0 Å². The van der Waals surface area contributed by atoms with Crippen LogP contribution >= 0.6 is 0 Å². The second-order valence-electron chi connectivity index (χ2n) is 3.96. The molecule has 0 aliphatic carbocycles. The number of hydrogen-bond acceptors (Lipinski definition) is 5. The zero-order chi connectivity index (χ0) is 15.2. The fourth-order valence-electron chi connectivity index (χ4n) is 1.65. The predicted octanol–water partition coefficient (Wildman–Crippen LogP) is 0.959. The van der Waals surface area contributed by atoms with E-state index in [1.54, 1.807) is 0 Å². The molecular weight excluding hydrogens is 285 g/mol. The van der Waals surface area contributed by atoms with Crippen molar-refractivity contribution in [1.82, 2.24) is 4.31 Å². The summed E-state index contributed by atoms with van der Waals surface area (Å²) >= 11 is 0. The summed E-state index contributed by atoms with van der Waals surface area (Å²) in [5.74, 6) is -0.913. The number of halogens is 1. The quantitative estimate of drug-likeness (QED) is 0.757. The van der Waals surface area contributed by atoms with E-state index in [9.17, 15) is 12.8 Å². The first-order chi connectivity index (χ1) is 9.45. The molecule has 0 radical (unpaired) electrons. The van der Waals surface area contributed by atoms with Gasteiger partial charge in [-0.1, -0.05) is 6.07 Å². The Labute approximate surface area is 117 Å². The van der Waals surface area contributed by atoms with E-state index >= 15 is 0 Å². The molecule has 20 heavy (non-hydrogen) atoms. The van der Waals surface area contributed by atoms with E-state index < -0.39 is 20.7 Å². The van der Waals surface area contributed by atoms with Gasteiger partial charge in [0.25, 0.3) is 0 Å². The number of anilines is 1. The molecule has 0 aliphatic rings. The molecule has 6 nitrogen and oxygen atoms in total. The Hall–Kier alpha value is -1.69. The molecule has 0 unspecified atom stereocenters. The van der Waals surface area contributed by atoms with Crippen LogP contribution in [0.25, 0.3) is 0 Å². The third kappa shape index (κ3) is 3.66. The Morgan fingerprint density at radius 1 is 1.45 bits per heavy atom. The van der Waals surface area contributed by atoms with Crippen LogP contribution in [0.5, 0.6) is 0 Å². The number of nitrogen functional groups attached to an aromatic ring is 1. The molecule has 110 valence electrons. The summed E-state index contributed by atoms with van der Waals surface area (Å²) in [5.41, 5.74) is 5.40. The largest absolute Gasteiger partial charge is 0.398 e. The minimum absolute atomic E-state index is 0.00268. The van der Waals surface area contributed by atoms with Gasteiger partial charge in [-0.05, 0) is 12.1 Å². The van der Waals surface area contributed by atoms with E-state index in [0.29, 0.717) is 0 Å². The number of nitriles is 1. The molecule has 0 spiro atoms. The van der Waals surface area contributed by atoms with E-state index in [1.807, 2.05) is 6.07 Å². The molecule has 0 aliphatic heterocycles. The number of methoxy groups -OCH3 is 1. The highest BCUT2D eigenvalue weighted by Gasteiger charge is 2.29. The molecule has 0 heterocycles. The molecule has 0 saturated heterocycles. The van der Waals surface area contributed by atoms with Gasteiger partial charge in [-0.25, -0.2) is 12.8 Å². The number of benzene rings is 1. The predicted molar refractivity (Wildman–Crippen MR) is 71.7 cm³/mol. The van der Waals surface area contributed by atoms with Crippen LogP contribution in [0, 0.1) is 17.1 Å². The maximum atomic E-state index is 13.8. The average molecular weight is 301 g/mol. The van der Waals surface area contributed by atoms with Crippen molar-refractivity contribution >= 4 is 15.7 Å². The number of rotatable bonds is 7. The monoisotopic (exact) mass is 301 g/mol. The SMILES string of the molecule is COCCN(CCC#N)S(=O)(=O)c1c(N)cccc1F. The normalized spacial score (nSPS) is 11.5. The lowest BCUT2D eigenvalue weighted by Crippen LogP contribution is -2.35. The molecule has 1 aromatic carbocycles. The average Bonchev–Trinajstić information content (AvgIpc) is 2.38. The highest BCUT2D eigenvalue weighted by Crippen LogP contribution is 2.25. The van der Waals surface area contributed by atoms with E-state index in [2.05, 4.69) is 0 Å². The van der Waals surface area contributed by atoms with Crippen LogP contribution in [0.4, 0.5) is 10.1 Å². The van der Waals surface area contributed by atoms with E-state index in [0.717, 1.165) is 10.4 Å². The Bertz CT molecular complexity index is 578. The first-order valence-corrected chi connectivity index (χ1v) is 7.29. The van der Waals surface area contributed by atoms with Crippen LogP contribution in [0.3, 0.4) is 0 Å². The van der Waals surface area contributed by atoms with Gasteiger partial charge in [0.2, 0.25) is 10.0 Å². The summed E-state index contributed by atoms with van der Waals surface area (Å²) < 4.78 is 44.4. The molecular formula is C12H16FN3O3S. The van der Waals surface area contributed by atoms with Gasteiger partial charge < -0.3 is 10.5 Å². The van der Waals surface area contributed by atoms with Gasteiger partial charge in [0.05, 0.1) is 18.4 Å². The second-order valence-corrected chi connectivity index (χ2v) is 5.84. The lowest BCUT2D eigenvalue weighted by Gasteiger charge is -2.21. The van der Waals surface area contributed by atoms with Gasteiger partial charge in [0.1, 0.15) is 10.7 Å². The van der Waals surface area contributed by atoms with Crippen LogP contribution in [-0.4, -0.2) is 39.5 Å². The molecule has 0 saturated carbocycles. The number of nitrogens with zero attached hydrogens (tertiary/aromatic N) is 2. The maximum absolute atomic E-state index is 13.8. The highest BCUT2D eigenvalue weighted by atomic mass is 32.2. The summed E-state index contributed by atoms with van der Waals surface area (Å²) in [6, 6.07) is 5.53. The Balaban J connectivity index is 3.18. The van der Waals surface area contributed by atoms with Crippen molar-refractivity contribution in [1.29, 1.82) is 5.26 Å². The zero-order valence-corrected chi connectivity index (χ0v) is 11.9. The standard InChI is InChI=1S/C12H16FN3O3S/c1-19-9-8-16(7-3-6-14)20(17,18)12-10(13)4-2-5-11(12)15/h2,4-5H,3,7-9,15H2,1H3. The van der Waals surface area contributed by atoms with Crippen molar-refractivity contribution in [2.45, 2.75) is 11.3 Å². The second kappa shape index (κ2) is 7.19. The Kier molecular flexibility index (Phi) is 5.88. The fourth-order valence-corrected chi connectivity index (χ4v) is 3.23. The molecule has 0 fully saturated rings. The molecule has 1 aromatic rings. The van der Waals surface area contributed by atoms with Crippen LogP contribution in [0.2, 0.25) is 0 Å². The number of ether oxygens (including phenoxy) is 1. The summed E-state index contributed by atoms with van der Waals surface area (Å²) in [5, 5.41) is 8.58. The van der Waals surface area contributed by atoms with Crippen molar-refractivity contribution in [2.24, 2.45) is 0 Å². The van der Waals surface area contributed by atoms with Gasteiger partial charge >= 0.3 is 0 Å². The minimum atomic E-state index is -4.10. The summed E-state index contributed by atoms with van der Waals surface area (Å²) in [6.07, 6.45) is -0.00268. The first kappa shape index (κ1) is 16.4. The lowest BCUT2D eigenvalue weighted by atomic mass is 10.3. The Morgan fingerprint density at radius 2 is 2.15 bits per heavy atom. The van der Waals surface area contributed by atoms with Crippen LogP contribution < -0.4 is 5.73 Å². The smallest absolute Gasteiger partial charge is 0.248 e. The third-order valence-corrected chi connectivity index (χ3v) is 4.60.